The molecule has 0 unspecified atom stereocenters. The van der Waals surface area contributed by atoms with E-state index in [0.717, 1.165) is 42.1 Å². The first-order chi connectivity index (χ1) is 9.78. The number of aromatic nitrogens is 1. The van der Waals surface area contributed by atoms with Crippen molar-refractivity contribution in [1.82, 2.24) is 15.6 Å². The Hall–Kier alpha value is -1.81. The van der Waals surface area contributed by atoms with Crippen LogP contribution in [-0.4, -0.2) is 30.0 Å². The molecule has 4 heteroatoms. The molecule has 0 spiro atoms. The monoisotopic (exact) mass is 271 g/mol. The van der Waals surface area contributed by atoms with E-state index in [1.165, 1.54) is 0 Å². The first-order valence-corrected chi connectivity index (χ1v) is 7.32. The van der Waals surface area contributed by atoms with Gasteiger partial charge < -0.3 is 15.6 Å². The minimum absolute atomic E-state index is 0.0374. The number of H-pyrrole nitrogens is 1. The molecule has 0 saturated heterocycles. The Kier molecular flexibility index (Phi) is 3.74. The Bertz CT molecular complexity index is 597. The Morgan fingerprint density at radius 2 is 1.85 bits per heavy atom. The van der Waals surface area contributed by atoms with Crippen LogP contribution in [0.2, 0.25) is 0 Å². The van der Waals surface area contributed by atoms with Crippen molar-refractivity contribution in [2.24, 2.45) is 0 Å². The quantitative estimate of drug-likeness (QED) is 0.803. The summed E-state index contributed by atoms with van der Waals surface area (Å²) in [6.07, 6.45) is 6.18. The van der Waals surface area contributed by atoms with E-state index in [1.54, 1.807) is 6.20 Å². The zero-order valence-electron chi connectivity index (χ0n) is 11.8. The van der Waals surface area contributed by atoms with E-state index in [1.807, 2.05) is 31.3 Å². The van der Waals surface area contributed by atoms with Gasteiger partial charge in [-0.15, -0.1) is 0 Å². The van der Waals surface area contributed by atoms with Crippen molar-refractivity contribution < 1.29 is 4.79 Å². The number of hydrogen-bond acceptors (Lipinski definition) is 2. The number of nitrogens with one attached hydrogen (secondary N) is 3. The van der Waals surface area contributed by atoms with Gasteiger partial charge in [-0.3, -0.25) is 4.79 Å². The fourth-order valence-electron chi connectivity index (χ4n) is 3.05. The maximum Gasteiger partial charge on any atom is 0.253 e. The van der Waals surface area contributed by atoms with E-state index < -0.39 is 0 Å². The lowest BCUT2D eigenvalue weighted by molar-refractivity contribution is 0.0926. The second kappa shape index (κ2) is 5.67. The Balaban J connectivity index is 1.68. The lowest BCUT2D eigenvalue weighted by Gasteiger charge is -2.28. The number of carbonyl (C=O) groups is 1. The van der Waals surface area contributed by atoms with Gasteiger partial charge in [0, 0.05) is 29.2 Å². The summed E-state index contributed by atoms with van der Waals surface area (Å²) >= 11 is 0. The molecule has 4 nitrogen and oxygen atoms in total. The first-order valence-electron chi connectivity index (χ1n) is 7.32. The maximum atomic E-state index is 12.4. The molecule has 1 aliphatic rings. The summed E-state index contributed by atoms with van der Waals surface area (Å²) < 4.78 is 0. The number of benzene rings is 1. The zero-order valence-corrected chi connectivity index (χ0v) is 11.8. The van der Waals surface area contributed by atoms with E-state index in [4.69, 9.17) is 0 Å². The topological polar surface area (TPSA) is 56.9 Å². The molecule has 3 rings (SSSR count). The SMILES string of the molecule is CNC1CCC(NC(=O)c2c[nH]c3ccccc23)CC1. The molecule has 1 aromatic carbocycles. The second-order valence-electron chi connectivity index (χ2n) is 5.56. The van der Waals surface area contributed by atoms with Crippen LogP contribution in [0.25, 0.3) is 10.9 Å². The minimum atomic E-state index is 0.0374. The molecule has 1 amide bonds. The number of carbonyl (C=O) groups excluding carboxylic acids is 1. The molecule has 1 aromatic heterocycles. The number of para-hydroxylation sites is 1. The molecular formula is C16H21N3O. The van der Waals surface area contributed by atoms with Gasteiger partial charge in [0.25, 0.3) is 5.91 Å². The number of hydrogen-bond donors (Lipinski definition) is 3. The van der Waals surface area contributed by atoms with Crippen LogP contribution in [0.5, 0.6) is 0 Å². The summed E-state index contributed by atoms with van der Waals surface area (Å²) in [5.74, 6) is 0.0374. The van der Waals surface area contributed by atoms with E-state index >= 15 is 0 Å². The van der Waals surface area contributed by atoms with Crippen molar-refractivity contribution in [1.29, 1.82) is 0 Å². The summed E-state index contributed by atoms with van der Waals surface area (Å²) in [5, 5.41) is 7.48. The van der Waals surface area contributed by atoms with Gasteiger partial charge in [-0.1, -0.05) is 18.2 Å². The van der Waals surface area contributed by atoms with Crippen LogP contribution in [0.4, 0.5) is 0 Å². The summed E-state index contributed by atoms with van der Waals surface area (Å²) in [4.78, 5) is 15.5. The Morgan fingerprint density at radius 1 is 1.15 bits per heavy atom. The van der Waals surface area contributed by atoms with Crippen LogP contribution in [0.15, 0.2) is 30.5 Å². The van der Waals surface area contributed by atoms with Gasteiger partial charge in [-0.25, -0.2) is 0 Å². The molecule has 1 aliphatic carbocycles. The predicted octanol–water partition coefficient (Wildman–Crippen LogP) is 2.43. The van der Waals surface area contributed by atoms with Crippen molar-refractivity contribution in [3.05, 3.63) is 36.0 Å². The number of amides is 1. The van der Waals surface area contributed by atoms with E-state index in [0.29, 0.717) is 12.1 Å². The van der Waals surface area contributed by atoms with E-state index in [2.05, 4.69) is 15.6 Å². The highest BCUT2D eigenvalue weighted by atomic mass is 16.1. The lowest BCUT2D eigenvalue weighted by atomic mass is 9.91. The van der Waals surface area contributed by atoms with Crippen molar-refractivity contribution in [3.63, 3.8) is 0 Å². The summed E-state index contributed by atoms with van der Waals surface area (Å²) in [6.45, 7) is 0. The van der Waals surface area contributed by atoms with Gasteiger partial charge >= 0.3 is 0 Å². The molecule has 0 radical (unpaired) electrons. The smallest absolute Gasteiger partial charge is 0.253 e. The molecular weight excluding hydrogens is 250 g/mol. The van der Waals surface area contributed by atoms with Crippen LogP contribution in [0.3, 0.4) is 0 Å². The number of aromatic amines is 1. The third-order valence-corrected chi connectivity index (χ3v) is 4.30. The molecule has 106 valence electrons. The summed E-state index contributed by atoms with van der Waals surface area (Å²) in [5.41, 5.74) is 1.76. The second-order valence-corrected chi connectivity index (χ2v) is 5.56. The van der Waals surface area contributed by atoms with Gasteiger partial charge in [0.15, 0.2) is 0 Å². The number of rotatable bonds is 3. The van der Waals surface area contributed by atoms with Crippen LogP contribution < -0.4 is 10.6 Å². The van der Waals surface area contributed by atoms with E-state index in [-0.39, 0.29) is 5.91 Å². The van der Waals surface area contributed by atoms with E-state index in [9.17, 15) is 4.79 Å². The number of fused-ring (bicyclic) bond motifs is 1. The van der Waals surface area contributed by atoms with Gasteiger partial charge in [-0.2, -0.15) is 0 Å². The largest absolute Gasteiger partial charge is 0.360 e. The normalized spacial score (nSPS) is 22.9. The highest BCUT2D eigenvalue weighted by Crippen LogP contribution is 2.21. The predicted molar refractivity (Wildman–Crippen MR) is 80.9 cm³/mol. The average molecular weight is 271 g/mol. The molecule has 20 heavy (non-hydrogen) atoms. The van der Waals surface area contributed by atoms with Crippen LogP contribution in [0, 0.1) is 0 Å². The molecule has 1 saturated carbocycles. The fraction of sp³-hybridized carbons (Fsp3) is 0.438. The minimum Gasteiger partial charge on any atom is -0.360 e. The zero-order chi connectivity index (χ0) is 13.9. The average Bonchev–Trinajstić information content (AvgIpc) is 2.92. The molecule has 1 heterocycles. The van der Waals surface area contributed by atoms with Gasteiger partial charge in [0.2, 0.25) is 0 Å². The molecule has 3 N–H and O–H groups in total. The third kappa shape index (κ3) is 2.56. The molecule has 0 aliphatic heterocycles. The summed E-state index contributed by atoms with van der Waals surface area (Å²) in [7, 11) is 2.01. The summed E-state index contributed by atoms with van der Waals surface area (Å²) in [6, 6.07) is 8.82. The molecule has 0 bridgehead atoms. The highest BCUT2D eigenvalue weighted by Gasteiger charge is 2.22. The lowest BCUT2D eigenvalue weighted by Crippen LogP contribution is -2.41. The molecule has 0 atom stereocenters. The maximum absolute atomic E-state index is 12.4. The van der Waals surface area contributed by atoms with Crippen molar-refractivity contribution in [2.45, 2.75) is 37.8 Å². The van der Waals surface area contributed by atoms with Crippen LogP contribution >= 0.6 is 0 Å². The van der Waals surface area contributed by atoms with Crippen LogP contribution in [0.1, 0.15) is 36.0 Å². The fourth-order valence-corrected chi connectivity index (χ4v) is 3.05. The third-order valence-electron chi connectivity index (χ3n) is 4.30. The van der Waals surface area contributed by atoms with Gasteiger partial charge in [0.1, 0.15) is 0 Å². The van der Waals surface area contributed by atoms with Crippen molar-refractivity contribution in [2.75, 3.05) is 7.05 Å². The first kappa shape index (κ1) is 13.2. The Labute approximate surface area is 118 Å². The standard InChI is InChI=1S/C16H21N3O/c1-17-11-6-8-12(9-7-11)19-16(20)14-10-18-15-5-3-2-4-13(14)15/h2-5,10-12,17-18H,6-9H2,1H3,(H,19,20). The van der Waals surface area contributed by atoms with Gasteiger partial charge in [-0.05, 0) is 38.8 Å². The molecule has 2 aromatic rings. The Morgan fingerprint density at radius 3 is 2.60 bits per heavy atom. The highest BCUT2D eigenvalue weighted by molar-refractivity contribution is 6.06. The van der Waals surface area contributed by atoms with Crippen molar-refractivity contribution >= 4 is 16.8 Å². The van der Waals surface area contributed by atoms with Gasteiger partial charge in [0.05, 0.1) is 5.56 Å². The molecule has 1 fully saturated rings. The van der Waals surface area contributed by atoms with Crippen LogP contribution in [-0.2, 0) is 0 Å². The van der Waals surface area contributed by atoms with Crippen molar-refractivity contribution in [3.8, 4) is 0 Å².